The Morgan fingerprint density at radius 3 is 2.71 bits per heavy atom. The van der Waals surface area contributed by atoms with Gasteiger partial charge in [0.2, 0.25) is 11.1 Å². The molecule has 0 aliphatic rings. The van der Waals surface area contributed by atoms with Crippen LogP contribution in [0.1, 0.15) is 22.9 Å². The first-order valence-corrected chi connectivity index (χ1v) is 12.8. The third-order valence-corrected chi connectivity index (χ3v) is 7.26. The second-order valence-corrected chi connectivity index (χ2v) is 9.98. The molecule has 0 fully saturated rings. The molecule has 4 rings (SSSR count). The van der Waals surface area contributed by atoms with E-state index in [0.29, 0.717) is 11.7 Å². The molecule has 176 valence electrons. The predicted molar refractivity (Wildman–Crippen MR) is 136 cm³/mol. The lowest BCUT2D eigenvalue weighted by molar-refractivity contribution is -0.131. The minimum absolute atomic E-state index is 0.0432. The van der Waals surface area contributed by atoms with Crippen LogP contribution in [-0.4, -0.2) is 49.9 Å². The molecule has 0 aliphatic heterocycles. The number of aryl methyl sites for hydroxylation is 1. The lowest BCUT2D eigenvalue weighted by Gasteiger charge is -2.29. The van der Waals surface area contributed by atoms with Crippen LogP contribution in [0.25, 0.3) is 5.69 Å². The number of hydrogen-bond donors (Lipinski definition) is 0. The van der Waals surface area contributed by atoms with Gasteiger partial charge in [0.05, 0.1) is 18.6 Å². The van der Waals surface area contributed by atoms with Gasteiger partial charge in [-0.05, 0) is 71.1 Å². The van der Waals surface area contributed by atoms with Crippen molar-refractivity contribution in [3.63, 3.8) is 0 Å². The van der Waals surface area contributed by atoms with E-state index in [1.807, 2.05) is 66.4 Å². The minimum atomic E-state index is 0.0432. The van der Waals surface area contributed by atoms with Crippen molar-refractivity contribution < 1.29 is 9.53 Å². The van der Waals surface area contributed by atoms with E-state index in [1.165, 1.54) is 16.6 Å². The summed E-state index contributed by atoms with van der Waals surface area (Å²) in [5.74, 6) is 1.09. The first-order chi connectivity index (χ1) is 16.5. The molecule has 2 aromatic carbocycles. The molecule has 9 heteroatoms. The molecule has 0 aliphatic carbocycles. The van der Waals surface area contributed by atoms with Gasteiger partial charge in [0, 0.05) is 23.9 Å². The van der Waals surface area contributed by atoms with Gasteiger partial charge in [-0.15, -0.1) is 16.4 Å². The van der Waals surface area contributed by atoms with Gasteiger partial charge >= 0.3 is 0 Å². The second-order valence-electron chi connectivity index (χ2n) is 8.00. The number of carbonyl (C=O) groups excluding carboxylic acids is 1. The summed E-state index contributed by atoms with van der Waals surface area (Å²) in [6.07, 6.45) is 0.811. The van der Waals surface area contributed by atoms with E-state index in [0.717, 1.165) is 29.0 Å². The molecule has 0 saturated heterocycles. The lowest BCUT2D eigenvalue weighted by atomic mass is 10.1. The van der Waals surface area contributed by atoms with Crippen LogP contribution in [0, 0.1) is 6.92 Å². The van der Waals surface area contributed by atoms with E-state index in [4.69, 9.17) is 4.74 Å². The Morgan fingerprint density at radius 2 is 2.00 bits per heavy atom. The van der Waals surface area contributed by atoms with E-state index in [9.17, 15) is 4.79 Å². The van der Waals surface area contributed by atoms with E-state index < -0.39 is 0 Å². The van der Waals surface area contributed by atoms with Gasteiger partial charge < -0.3 is 9.64 Å². The Hall–Kier alpha value is -3.17. The van der Waals surface area contributed by atoms with Crippen LogP contribution in [0.5, 0.6) is 5.75 Å². The highest BCUT2D eigenvalue weighted by atomic mass is 32.2. The smallest absolute Gasteiger partial charge is 0.233 e. The molecule has 0 N–H and O–H groups in total. The molecule has 1 amide bonds. The Bertz CT molecular complexity index is 1210. The Labute approximate surface area is 207 Å². The molecule has 0 unspecified atom stereocenters. The van der Waals surface area contributed by atoms with Crippen molar-refractivity contribution in [2.75, 3.05) is 12.9 Å². The Balaban J connectivity index is 1.49. The summed E-state index contributed by atoms with van der Waals surface area (Å²) in [4.78, 5) is 16.6. The molecule has 0 saturated carbocycles. The number of benzene rings is 2. The molecule has 2 heterocycles. The van der Waals surface area contributed by atoms with Crippen LogP contribution in [0.3, 0.4) is 0 Å². The summed E-state index contributed by atoms with van der Waals surface area (Å²) in [5.41, 5.74) is 3.05. The number of thioether (sulfide) groups is 1. The molecule has 0 bridgehead atoms. The first-order valence-electron chi connectivity index (χ1n) is 11.0. The number of rotatable bonds is 10. The summed E-state index contributed by atoms with van der Waals surface area (Å²) in [6.45, 7) is 4.65. The lowest BCUT2D eigenvalue weighted by Crippen LogP contribution is -2.40. The van der Waals surface area contributed by atoms with Crippen molar-refractivity contribution in [3.8, 4) is 11.4 Å². The fourth-order valence-electron chi connectivity index (χ4n) is 3.65. The van der Waals surface area contributed by atoms with Crippen LogP contribution in [0.4, 0.5) is 0 Å². The zero-order valence-electron chi connectivity index (χ0n) is 19.4. The molecule has 2 aromatic heterocycles. The minimum Gasteiger partial charge on any atom is -0.497 e. The summed E-state index contributed by atoms with van der Waals surface area (Å²) >= 11 is 3.07. The Kier molecular flexibility index (Phi) is 7.97. The van der Waals surface area contributed by atoms with Gasteiger partial charge in [0.15, 0.2) is 0 Å². The van der Waals surface area contributed by atoms with Crippen molar-refractivity contribution >= 4 is 29.0 Å². The SMILES string of the molecule is COc1ccc(CN(C(=O)CSc2nnnn2-c2cccc(C)c2)[C@@H](C)Cc2cccs2)cc1. The average Bonchev–Trinajstić information content (AvgIpc) is 3.53. The second kappa shape index (κ2) is 11.3. The monoisotopic (exact) mass is 493 g/mol. The van der Waals surface area contributed by atoms with Crippen molar-refractivity contribution in [1.82, 2.24) is 25.1 Å². The first kappa shape index (κ1) is 24.0. The number of ether oxygens (including phenoxy) is 1. The summed E-state index contributed by atoms with van der Waals surface area (Å²) in [7, 11) is 1.65. The number of nitrogens with zero attached hydrogens (tertiary/aromatic N) is 5. The Morgan fingerprint density at radius 1 is 1.18 bits per heavy atom. The summed E-state index contributed by atoms with van der Waals surface area (Å²) < 4.78 is 6.94. The third-order valence-electron chi connectivity index (χ3n) is 5.45. The van der Waals surface area contributed by atoms with E-state index >= 15 is 0 Å². The van der Waals surface area contributed by atoms with Crippen LogP contribution in [-0.2, 0) is 17.8 Å². The number of aromatic nitrogens is 4. The molecule has 4 aromatic rings. The number of amides is 1. The maximum atomic E-state index is 13.4. The summed E-state index contributed by atoms with van der Waals surface area (Å²) in [6, 6.07) is 20.0. The van der Waals surface area contributed by atoms with Gasteiger partial charge in [-0.3, -0.25) is 4.79 Å². The van der Waals surface area contributed by atoms with E-state index in [-0.39, 0.29) is 17.7 Å². The van der Waals surface area contributed by atoms with Gasteiger partial charge in [-0.2, -0.15) is 4.68 Å². The van der Waals surface area contributed by atoms with E-state index in [2.05, 4.69) is 33.9 Å². The maximum absolute atomic E-state index is 13.4. The largest absolute Gasteiger partial charge is 0.497 e. The van der Waals surface area contributed by atoms with Crippen molar-refractivity contribution in [1.29, 1.82) is 0 Å². The van der Waals surface area contributed by atoms with E-state index in [1.54, 1.807) is 23.1 Å². The zero-order valence-corrected chi connectivity index (χ0v) is 21.1. The van der Waals surface area contributed by atoms with Gasteiger partial charge in [0.25, 0.3) is 0 Å². The topological polar surface area (TPSA) is 73.1 Å². The van der Waals surface area contributed by atoms with Crippen molar-refractivity contribution in [2.24, 2.45) is 0 Å². The van der Waals surface area contributed by atoms with Crippen LogP contribution >= 0.6 is 23.1 Å². The molecular formula is C25H27N5O2S2. The molecule has 7 nitrogen and oxygen atoms in total. The standard InChI is InChI=1S/C25H27N5O2S2/c1-18-6-4-7-21(14-18)30-25(26-27-28-30)34-17-24(31)29(19(2)15-23-8-5-13-33-23)16-20-9-11-22(32-3)12-10-20/h4-14,19H,15-17H2,1-3H3/t19-/m0/s1. The number of thiophene rings is 1. The number of carbonyl (C=O) groups is 1. The van der Waals surface area contributed by atoms with Gasteiger partial charge in [-0.1, -0.05) is 42.1 Å². The highest BCUT2D eigenvalue weighted by Gasteiger charge is 2.22. The van der Waals surface area contributed by atoms with Crippen molar-refractivity contribution in [3.05, 3.63) is 82.0 Å². The highest BCUT2D eigenvalue weighted by Crippen LogP contribution is 2.22. The predicted octanol–water partition coefficient (Wildman–Crippen LogP) is 4.79. The van der Waals surface area contributed by atoms with Crippen LogP contribution in [0.2, 0.25) is 0 Å². The van der Waals surface area contributed by atoms with Crippen LogP contribution < -0.4 is 4.74 Å². The highest BCUT2D eigenvalue weighted by molar-refractivity contribution is 7.99. The van der Waals surface area contributed by atoms with Crippen molar-refractivity contribution in [2.45, 2.75) is 38.0 Å². The average molecular weight is 494 g/mol. The molecule has 1 atom stereocenters. The number of hydrogen-bond acceptors (Lipinski definition) is 7. The summed E-state index contributed by atoms with van der Waals surface area (Å²) in [5, 5.41) is 14.7. The zero-order chi connectivity index (χ0) is 23.9. The molecule has 34 heavy (non-hydrogen) atoms. The maximum Gasteiger partial charge on any atom is 0.233 e. The van der Waals surface area contributed by atoms with Gasteiger partial charge in [-0.25, -0.2) is 0 Å². The molecule has 0 spiro atoms. The fraction of sp³-hybridized carbons (Fsp3) is 0.280. The number of methoxy groups -OCH3 is 1. The molecular weight excluding hydrogens is 466 g/mol. The number of tetrazole rings is 1. The normalized spacial score (nSPS) is 11.9. The fourth-order valence-corrected chi connectivity index (χ4v) is 5.25. The van der Waals surface area contributed by atoms with Crippen LogP contribution in [0.15, 0.2) is 71.2 Å². The third kappa shape index (κ3) is 6.03. The molecule has 0 radical (unpaired) electrons. The van der Waals surface area contributed by atoms with Gasteiger partial charge in [0.1, 0.15) is 5.75 Å². The quantitative estimate of drug-likeness (QED) is 0.296.